The highest BCUT2D eigenvalue weighted by Crippen LogP contribution is 2.43. The molecule has 1 aliphatic heterocycles. The molecule has 4 nitrogen and oxygen atoms in total. The Labute approximate surface area is 163 Å². The molecule has 2 heterocycles. The van der Waals surface area contributed by atoms with Crippen molar-refractivity contribution < 1.29 is 13.2 Å². The van der Waals surface area contributed by atoms with Crippen LogP contribution in [0.4, 0.5) is 5.69 Å². The van der Waals surface area contributed by atoms with E-state index in [1.165, 1.54) is 16.9 Å². The first-order valence-corrected chi connectivity index (χ1v) is 11.0. The van der Waals surface area contributed by atoms with Gasteiger partial charge in [0.2, 0.25) is 0 Å². The van der Waals surface area contributed by atoms with Gasteiger partial charge in [-0.2, -0.15) is 0 Å². The van der Waals surface area contributed by atoms with E-state index in [1.807, 2.05) is 44.2 Å². The van der Waals surface area contributed by atoms with E-state index in [0.717, 1.165) is 16.1 Å². The van der Waals surface area contributed by atoms with E-state index in [2.05, 4.69) is 0 Å². The first-order valence-electron chi connectivity index (χ1n) is 8.58. The number of amides is 1. The smallest absolute Gasteiger partial charge is 0.268 e. The lowest BCUT2D eigenvalue weighted by atomic mass is 10.1. The fourth-order valence-electron chi connectivity index (χ4n) is 3.29. The Morgan fingerprint density at radius 1 is 1.04 bits per heavy atom. The third-order valence-electron chi connectivity index (χ3n) is 5.01. The van der Waals surface area contributed by atoms with Crippen molar-refractivity contribution in [3.05, 3.63) is 70.1 Å². The molecule has 0 unspecified atom stereocenters. The Kier molecular flexibility index (Phi) is 4.20. The van der Waals surface area contributed by atoms with Gasteiger partial charge in [-0.15, -0.1) is 11.3 Å². The average molecular weight is 398 g/mol. The lowest BCUT2D eigenvalue weighted by Crippen LogP contribution is -2.25. The zero-order valence-electron chi connectivity index (χ0n) is 15.3. The number of nitrogens with zero attached hydrogens (tertiary/aromatic N) is 1. The summed E-state index contributed by atoms with van der Waals surface area (Å²) in [4.78, 5) is 16.4. The zero-order valence-corrected chi connectivity index (χ0v) is 16.9. The van der Waals surface area contributed by atoms with Gasteiger partial charge >= 0.3 is 0 Å². The summed E-state index contributed by atoms with van der Waals surface area (Å²) in [6.07, 6.45) is 0. The third-order valence-corrected chi connectivity index (χ3v) is 7.93. The lowest BCUT2D eigenvalue weighted by Gasteiger charge is -2.17. The van der Waals surface area contributed by atoms with Gasteiger partial charge in [0.15, 0.2) is 9.84 Å². The van der Waals surface area contributed by atoms with Gasteiger partial charge in [0.05, 0.1) is 15.5 Å². The molecule has 0 atom stereocenters. The molecule has 27 heavy (non-hydrogen) atoms. The lowest BCUT2D eigenvalue weighted by molar-refractivity contribution is 0.0997. The predicted molar refractivity (Wildman–Crippen MR) is 109 cm³/mol. The van der Waals surface area contributed by atoms with E-state index in [9.17, 15) is 13.2 Å². The maximum absolute atomic E-state index is 13.0. The van der Waals surface area contributed by atoms with Crippen molar-refractivity contribution >= 4 is 32.8 Å². The second-order valence-electron chi connectivity index (χ2n) is 6.85. The van der Waals surface area contributed by atoms with Crippen molar-refractivity contribution in [2.75, 3.05) is 11.9 Å². The number of carbonyl (C=O) groups excluding carboxylic acids is 1. The molecular weight excluding hydrogens is 378 g/mol. The highest BCUT2D eigenvalue weighted by molar-refractivity contribution is 7.91. The van der Waals surface area contributed by atoms with E-state index >= 15 is 0 Å². The van der Waals surface area contributed by atoms with Crippen molar-refractivity contribution in [3.63, 3.8) is 0 Å². The molecule has 138 valence electrons. The summed E-state index contributed by atoms with van der Waals surface area (Å²) in [5.41, 5.74) is 4.51. The summed E-state index contributed by atoms with van der Waals surface area (Å²) in [6.45, 7) is 4.05. The number of aryl methyl sites for hydroxylation is 2. The summed E-state index contributed by atoms with van der Waals surface area (Å²) in [7, 11) is -1.62. The van der Waals surface area contributed by atoms with Crippen LogP contribution < -0.4 is 4.90 Å². The minimum atomic E-state index is -3.37. The van der Waals surface area contributed by atoms with Crippen molar-refractivity contribution in [2.45, 2.75) is 24.5 Å². The summed E-state index contributed by atoms with van der Waals surface area (Å²) in [6, 6.07) is 14.6. The quantitative estimate of drug-likeness (QED) is 0.635. The minimum absolute atomic E-state index is 0.0590. The Bertz CT molecular complexity index is 1180. The van der Waals surface area contributed by atoms with E-state index in [1.54, 1.807) is 30.1 Å². The molecule has 2 aromatic carbocycles. The first-order chi connectivity index (χ1) is 12.8. The second kappa shape index (κ2) is 6.32. The van der Waals surface area contributed by atoms with Gasteiger partial charge in [0.25, 0.3) is 5.91 Å². The largest absolute Gasteiger partial charge is 0.311 e. The predicted octanol–water partition coefficient (Wildman–Crippen LogP) is 4.60. The van der Waals surface area contributed by atoms with Crippen LogP contribution in [0.3, 0.4) is 0 Å². The highest BCUT2D eigenvalue weighted by Gasteiger charge is 2.31. The number of thiophene rings is 1. The van der Waals surface area contributed by atoms with Gasteiger partial charge in [-0.3, -0.25) is 4.79 Å². The minimum Gasteiger partial charge on any atom is -0.311 e. The highest BCUT2D eigenvalue weighted by atomic mass is 32.2. The molecule has 0 fully saturated rings. The number of benzene rings is 2. The number of anilines is 1. The Hall–Kier alpha value is -2.44. The summed E-state index contributed by atoms with van der Waals surface area (Å²) < 4.78 is 25.1. The number of hydrogen-bond donors (Lipinski definition) is 0. The van der Waals surface area contributed by atoms with E-state index < -0.39 is 9.84 Å². The fourth-order valence-corrected chi connectivity index (χ4v) is 6.23. The number of sulfone groups is 1. The van der Waals surface area contributed by atoms with Crippen LogP contribution in [-0.2, 0) is 15.6 Å². The fraction of sp³-hybridized carbons (Fsp3) is 0.190. The van der Waals surface area contributed by atoms with Gasteiger partial charge in [0, 0.05) is 23.2 Å². The molecule has 6 heteroatoms. The van der Waals surface area contributed by atoms with Crippen LogP contribution in [0.2, 0.25) is 0 Å². The van der Waals surface area contributed by atoms with Gasteiger partial charge < -0.3 is 4.90 Å². The molecule has 0 radical (unpaired) electrons. The van der Waals surface area contributed by atoms with Crippen LogP contribution in [0.1, 0.15) is 26.4 Å². The summed E-state index contributed by atoms with van der Waals surface area (Å²) in [5.74, 6) is -0.191. The molecule has 4 rings (SSSR count). The Balaban J connectivity index is 1.75. The van der Waals surface area contributed by atoms with Crippen molar-refractivity contribution in [1.29, 1.82) is 0 Å². The Morgan fingerprint density at radius 3 is 2.52 bits per heavy atom. The second-order valence-corrected chi connectivity index (χ2v) is 9.86. The zero-order chi connectivity index (χ0) is 19.3. The number of carbonyl (C=O) groups is 1. The maximum atomic E-state index is 13.0. The van der Waals surface area contributed by atoms with E-state index in [4.69, 9.17) is 0 Å². The van der Waals surface area contributed by atoms with Crippen LogP contribution in [0.15, 0.2) is 53.4 Å². The molecule has 1 amide bonds. The van der Waals surface area contributed by atoms with E-state index in [-0.39, 0.29) is 11.7 Å². The van der Waals surface area contributed by atoms with Crippen LogP contribution in [-0.4, -0.2) is 21.4 Å². The van der Waals surface area contributed by atoms with Crippen molar-refractivity contribution in [1.82, 2.24) is 0 Å². The van der Waals surface area contributed by atoms with Crippen LogP contribution in [0.25, 0.3) is 10.4 Å². The molecular formula is C21H19NO3S2. The number of hydrogen-bond acceptors (Lipinski definition) is 4. The van der Waals surface area contributed by atoms with Gasteiger partial charge in [-0.1, -0.05) is 24.3 Å². The van der Waals surface area contributed by atoms with E-state index in [0.29, 0.717) is 20.9 Å². The van der Waals surface area contributed by atoms with Crippen LogP contribution >= 0.6 is 11.3 Å². The third kappa shape index (κ3) is 2.99. The monoisotopic (exact) mass is 397 g/mol. The molecule has 3 aromatic rings. The number of fused-ring (bicyclic) bond motifs is 3. The van der Waals surface area contributed by atoms with Gasteiger partial charge in [0.1, 0.15) is 0 Å². The molecule has 1 aliphatic rings. The molecule has 0 bridgehead atoms. The average Bonchev–Trinajstić information content (AvgIpc) is 3.06. The standard InChI is InChI=1S/C21H19NO3S2/c1-13-8-9-16(10-14(13)2)22(3)21(23)18-11-15-12-27(24,25)19-7-5-4-6-17(19)20(15)26-18/h4-11H,12H2,1-3H3. The van der Waals surface area contributed by atoms with Crippen LogP contribution in [0, 0.1) is 13.8 Å². The van der Waals surface area contributed by atoms with Crippen LogP contribution in [0.5, 0.6) is 0 Å². The molecule has 1 aromatic heterocycles. The normalized spacial score (nSPS) is 14.3. The SMILES string of the molecule is Cc1ccc(N(C)C(=O)c2cc3c(s2)-c2ccccc2S(=O)(=O)C3)cc1C. The molecule has 0 spiro atoms. The molecule has 0 aliphatic carbocycles. The van der Waals surface area contributed by atoms with Gasteiger partial charge in [-0.25, -0.2) is 8.42 Å². The maximum Gasteiger partial charge on any atom is 0.268 e. The summed E-state index contributed by atoms with van der Waals surface area (Å²) >= 11 is 1.36. The Morgan fingerprint density at radius 2 is 1.78 bits per heavy atom. The van der Waals surface area contributed by atoms with Crippen molar-refractivity contribution in [3.8, 4) is 10.4 Å². The van der Waals surface area contributed by atoms with Crippen molar-refractivity contribution in [2.24, 2.45) is 0 Å². The van der Waals surface area contributed by atoms with Gasteiger partial charge in [-0.05, 0) is 54.8 Å². The summed E-state index contributed by atoms with van der Waals surface area (Å²) in [5, 5.41) is 0. The first kappa shape index (κ1) is 17.9. The number of rotatable bonds is 2. The topological polar surface area (TPSA) is 54.5 Å². The molecule has 0 saturated carbocycles. The molecule has 0 N–H and O–H groups in total. The molecule has 0 saturated heterocycles.